The molecule has 2 unspecified atom stereocenters. The van der Waals surface area contributed by atoms with E-state index >= 15 is 0 Å². The largest absolute Gasteiger partial charge is 0.454 e. The van der Waals surface area contributed by atoms with Gasteiger partial charge in [-0.1, -0.05) is 30.3 Å². The summed E-state index contributed by atoms with van der Waals surface area (Å²) in [7, 11) is 1.42. The predicted octanol–water partition coefficient (Wildman–Crippen LogP) is 1.78. The van der Waals surface area contributed by atoms with E-state index in [0.717, 1.165) is 18.1 Å². The Labute approximate surface area is 165 Å². The van der Waals surface area contributed by atoms with Crippen LogP contribution in [0.5, 0.6) is 0 Å². The smallest absolute Gasteiger partial charge is 0.331 e. The maximum atomic E-state index is 12.2. The van der Waals surface area contributed by atoms with E-state index in [-0.39, 0.29) is 19.0 Å². The van der Waals surface area contributed by atoms with Gasteiger partial charge in [-0.2, -0.15) is 0 Å². The number of carbonyl (C=O) groups is 2. The first kappa shape index (κ1) is 22.2. The van der Waals surface area contributed by atoms with Crippen LogP contribution < -0.4 is 5.73 Å². The monoisotopic (exact) mass is 391 g/mol. The fourth-order valence-corrected chi connectivity index (χ4v) is 2.55. The van der Waals surface area contributed by atoms with Crippen molar-refractivity contribution in [1.82, 2.24) is 0 Å². The quantitative estimate of drug-likeness (QED) is 0.266. The maximum absolute atomic E-state index is 12.2. The minimum Gasteiger partial charge on any atom is -0.454 e. The highest BCUT2D eigenvalue weighted by Gasteiger charge is 2.57. The van der Waals surface area contributed by atoms with Gasteiger partial charge in [-0.05, 0) is 32.8 Å². The fraction of sp³-hybridized carbons (Fsp3) is 0.524. The van der Waals surface area contributed by atoms with Gasteiger partial charge in [-0.25, -0.2) is 4.79 Å². The summed E-state index contributed by atoms with van der Waals surface area (Å²) in [6.07, 6.45) is 1.26. The number of rotatable bonds is 11. The molecule has 0 aliphatic heterocycles. The number of hydrogen-bond donors (Lipinski definition) is 1. The van der Waals surface area contributed by atoms with Crippen molar-refractivity contribution in [2.75, 3.05) is 26.9 Å². The van der Waals surface area contributed by atoms with Crippen LogP contribution in [0.15, 0.2) is 42.0 Å². The molecule has 2 atom stereocenters. The number of esters is 1. The summed E-state index contributed by atoms with van der Waals surface area (Å²) in [5, 5.41) is 0. The molecule has 0 amide bonds. The fourth-order valence-electron chi connectivity index (χ4n) is 2.55. The second-order valence-electron chi connectivity index (χ2n) is 7.41. The lowest BCUT2D eigenvalue weighted by Crippen LogP contribution is -2.40. The van der Waals surface area contributed by atoms with Gasteiger partial charge in [0.05, 0.1) is 19.8 Å². The standard InChI is InChI=1S/C21H29NO6/c1-20(2,22)27-14-16(13-26-11-10-15-8-6-5-7-9-15)28-18(23)12-17-19(24)21(17,3)25-4/h5-9,12,16H,10-11,13-14,22H2,1-4H3/b17-12+. The summed E-state index contributed by atoms with van der Waals surface area (Å²) in [4.78, 5) is 23.9. The number of Topliss-reactive ketones (excluding diaryl/α,β-unsaturated/α-hetero) is 1. The molecule has 0 saturated heterocycles. The van der Waals surface area contributed by atoms with Crippen molar-refractivity contribution in [3.05, 3.63) is 47.5 Å². The van der Waals surface area contributed by atoms with E-state index in [1.165, 1.54) is 7.11 Å². The first-order valence-corrected chi connectivity index (χ1v) is 9.23. The Morgan fingerprint density at radius 3 is 2.50 bits per heavy atom. The molecule has 7 nitrogen and oxygen atoms in total. The molecular weight excluding hydrogens is 362 g/mol. The van der Waals surface area contributed by atoms with Crippen LogP contribution in [0.1, 0.15) is 26.3 Å². The van der Waals surface area contributed by atoms with Gasteiger partial charge in [0, 0.05) is 18.8 Å². The second-order valence-corrected chi connectivity index (χ2v) is 7.41. The molecule has 1 saturated carbocycles. The topological polar surface area (TPSA) is 97.1 Å². The van der Waals surface area contributed by atoms with Crippen LogP contribution in [-0.4, -0.2) is 56.1 Å². The summed E-state index contributed by atoms with van der Waals surface area (Å²) in [5.41, 5.74) is 5.40. The highest BCUT2D eigenvalue weighted by molar-refractivity contribution is 6.25. The zero-order valence-electron chi connectivity index (χ0n) is 16.9. The molecular formula is C21H29NO6. The number of benzene rings is 1. The third kappa shape index (κ3) is 6.53. The molecule has 0 aromatic heterocycles. The average Bonchev–Trinajstić information content (AvgIpc) is 3.16. The summed E-state index contributed by atoms with van der Waals surface area (Å²) in [6, 6.07) is 9.94. The molecule has 1 aromatic rings. The molecule has 2 rings (SSSR count). The first-order valence-electron chi connectivity index (χ1n) is 9.23. The van der Waals surface area contributed by atoms with Gasteiger partial charge in [-0.15, -0.1) is 0 Å². The van der Waals surface area contributed by atoms with Crippen molar-refractivity contribution in [3.8, 4) is 0 Å². The van der Waals surface area contributed by atoms with E-state index in [4.69, 9.17) is 24.7 Å². The van der Waals surface area contributed by atoms with Crippen molar-refractivity contribution >= 4 is 11.8 Å². The molecule has 1 aliphatic carbocycles. The van der Waals surface area contributed by atoms with Crippen LogP contribution >= 0.6 is 0 Å². The van der Waals surface area contributed by atoms with Crippen LogP contribution in [0.2, 0.25) is 0 Å². The van der Waals surface area contributed by atoms with Crippen molar-refractivity contribution < 1.29 is 28.5 Å². The molecule has 0 radical (unpaired) electrons. The van der Waals surface area contributed by atoms with Crippen molar-refractivity contribution in [2.45, 2.75) is 44.6 Å². The third-order valence-corrected chi connectivity index (χ3v) is 4.41. The predicted molar refractivity (Wildman–Crippen MR) is 104 cm³/mol. The lowest BCUT2D eigenvalue weighted by Gasteiger charge is -2.24. The van der Waals surface area contributed by atoms with E-state index in [9.17, 15) is 9.59 Å². The molecule has 154 valence electrons. The molecule has 0 bridgehead atoms. The van der Waals surface area contributed by atoms with Gasteiger partial charge >= 0.3 is 5.97 Å². The van der Waals surface area contributed by atoms with Crippen LogP contribution in [0.4, 0.5) is 0 Å². The molecule has 1 aliphatic rings. The Morgan fingerprint density at radius 2 is 1.93 bits per heavy atom. The number of ether oxygens (including phenoxy) is 4. The Balaban J connectivity index is 1.87. The molecule has 1 aromatic carbocycles. The molecule has 0 spiro atoms. The van der Waals surface area contributed by atoms with Crippen LogP contribution in [0.25, 0.3) is 0 Å². The zero-order chi connectivity index (χ0) is 20.8. The molecule has 1 fully saturated rings. The van der Waals surface area contributed by atoms with Gasteiger partial charge in [0.15, 0.2) is 11.4 Å². The lowest BCUT2D eigenvalue weighted by atomic mass is 10.2. The van der Waals surface area contributed by atoms with Gasteiger partial charge < -0.3 is 24.7 Å². The second kappa shape index (κ2) is 9.43. The van der Waals surface area contributed by atoms with E-state index < -0.39 is 23.4 Å². The number of carbonyl (C=O) groups excluding carboxylic acids is 2. The Hall–Kier alpha value is -2.06. The Kier molecular flexibility index (Phi) is 7.48. The number of ketones is 1. The van der Waals surface area contributed by atoms with Gasteiger partial charge in [0.25, 0.3) is 0 Å². The highest BCUT2D eigenvalue weighted by Crippen LogP contribution is 2.40. The summed E-state index contributed by atoms with van der Waals surface area (Å²) < 4.78 is 21.7. The van der Waals surface area contributed by atoms with Crippen molar-refractivity contribution in [3.63, 3.8) is 0 Å². The van der Waals surface area contributed by atoms with Crippen LogP contribution in [0.3, 0.4) is 0 Å². The van der Waals surface area contributed by atoms with Crippen molar-refractivity contribution in [2.24, 2.45) is 5.73 Å². The maximum Gasteiger partial charge on any atom is 0.331 e. The van der Waals surface area contributed by atoms with E-state index in [1.807, 2.05) is 30.3 Å². The molecule has 28 heavy (non-hydrogen) atoms. The van der Waals surface area contributed by atoms with E-state index in [0.29, 0.717) is 12.2 Å². The number of hydrogen-bond acceptors (Lipinski definition) is 7. The lowest BCUT2D eigenvalue weighted by molar-refractivity contribution is -0.154. The third-order valence-electron chi connectivity index (χ3n) is 4.41. The number of methoxy groups -OCH3 is 1. The Morgan fingerprint density at radius 1 is 1.25 bits per heavy atom. The summed E-state index contributed by atoms with van der Waals surface area (Å²) >= 11 is 0. The van der Waals surface area contributed by atoms with Crippen molar-refractivity contribution in [1.29, 1.82) is 0 Å². The molecule has 7 heteroatoms. The first-order chi connectivity index (χ1) is 13.2. The van der Waals surface area contributed by atoms with Gasteiger partial charge in [-0.3, -0.25) is 4.79 Å². The normalized spacial score (nSPS) is 21.6. The SMILES string of the molecule is COC1(C)C(=O)/C1=C\C(=O)OC(COCCc1ccccc1)COC(C)(C)N. The van der Waals surface area contributed by atoms with Gasteiger partial charge in [0.2, 0.25) is 0 Å². The van der Waals surface area contributed by atoms with Gasteiger partial charge in [0.1, 0.15) is 11.8 Å². The summed E-state index contributed by atoms with van der Waals surface area (Å²) in [5.74, 6) is -0.860. The molecule has 2 N–H and O–H groups in total. The average molecular weight is 391 g/mol. The minimum atomic E-state index is -1.02. The number of nitrogens with two attached hydrogens (primary N) is 1. The highest BCUT2D eigenvalue weighted by atomic mass is 16.6. The van der Waals surface area contributed by atoms with E-state index in [1.54, 1.807) is 20.8 Å². The summed E-state index contributed by atoms with van der Waals surface area (Å²) in [6.45, 7) is 5.74. The Bertz CT molecular complexity index is 709. The van der Waals surface area contributed by atoms with Crippen LogP contribution in [0, 0.1) is 0 Å². The molecule has 0 heterocycles. The van der Waals surface area contributed by atoms with E-state index in [2.05, 4.69) is 0 Å². The minimum absolute atomic E-state index is 0.0826. The zero-order valence-corrected chi connectivity index (χ0v) is 16.9. The van der Waals surface area contributed by atoms with Crippen LogP contribution in [-0.2, 0) is 35.0 Å².